The average Bonchev–Trinajstić information content (AvgIpc) is 2.81. The molecule has 6 heteroatoms. The van der Waals surface area contributed by atoms with Crippen LogP contribution in [-0.4, -0.2) is 41.5 Å². The molecule has 2 aromatic heterocycles. The van der Waals surface area contributed by atoms with Gasteiger partial charge in [-0.05, 0) is 19.1 Å². The number of aryl methyl sites for hydroxylation is 1. The highest BCUT2D eigenvalue weighted by Crippen LogP contribution is 2.27. The van der Waals surface area contributed by atoms with Crippen LogP contribution in [0.3, 0.4) is 0 Å². The molecule has 0 aliphatic carbocycles. The van der Waals surface area contributed by atoms with Gasteiger partial charge in [-0.3, -0.25) is 4.98 Å². The highest BCUT2D eigenvalue weighted by molar-refractivity contribution is 7.15. The van der Waals surface area contributed by atoms with E-state index in [1.165, 1.54) is 9.78 Å². The van der Waals surface area contributed by atoms with Crippen LogP contribution in [0.1, 0.15) is 10.6 Å². The number of rotatable bonds is 4. The summed E-state index contributed by atoms with van der Waals surface area (Å²) in [6, 6.07) is 3.84. The number of carbonyl (C=O) groups is 1. The van der Waals surface area contributed by atoms with E-state index in [0.717, 1.165) is 22.7 Å². The van der Waals surface area contributed by atoms with Crippen LogP contribution in [0, 0.1) is 6.92 Å². The smallest absolute Gasteiger partial charge is 0.316 e. The number of hydrogen-bond donors (Lipinski definition) is 1. The van der Waals surface area contributed by atoms with Crippen molar-refractivity contribution in [3.8, 4) is 10.6 Å². The topological polar surface area (TPSA) is 58.1 Å². The predicted octanol–water partition coefficient (Wildman–Crippen LogP) is 2.33. The monoisotopic (exact) mass is 290 g/mol. The SMILES string of the molecule is Cc1nc(-c2ccncc2)sc1CCNC(=O)N(C)C. The number of urea groups is 1. The fraction of sp³-hybridized carbons (Fsp3) is 0.357. The van der Waals surface area contributed by atoms with Crippen molar-refractivity contribution >= 4 is 17.4 Å². The Kier molecular flexibility index (Phi) is 4.68. The molecule has 0 radical (unpaired) electrons. The number of nitrogens with one attached hydrogen (secondary N) is 1. The standard InChI is InChI=1S/C14H18N4OS/c1-10-12(6-9-16-14(19)18(2)3)20-13(17-10)11-4-7-15-8-5-11/h4-5,7-8H,6,9H2,1-3H3,(H,16,19). The van der Waals surface area contributed by atoms with Crippen molar-refractivity contribution in [2.45, 2.75) is 13.3 Å². The Morgan fingerprint density at radius 3 is 2.70 bits per heavy atom. The van der Waals surface area contributed by atoms with Crippen LogP contribution in [0.4, 0.5) is 4.79 Å². The van der Waals surface area contributed by atoms with Gasteiger partial charge in [-0.1, -0.05) is 0 Å². The molecule has 0 spiro atoms. The molecule has 2 rings (SSSR count). The van der Waals surface area contributed by atoms with Crippen molar-refractivity contribution in [3.63, 3.8) is 0 Å². The second-order valence-electron chi connectivity index (χ2n) is 4.64. The zero-order chi connectivity index (χ0) is 14.5. The van der Waals surface area contributed by atoms with E-state index in [4.69, 9.17) is 0 Å². The van der Waals surface area contributed by atoms with Gasteiger partial charge in [-0.15, -0.1) is 11.3 Å². The highest BCUT2D eigenvalue weighted by atomic mass is 32.1. The Labute approximate surface area is 122 Å². The van der Waals surface area contributed by atoms with Gasteiger partial charge in [-0.2, -0.15) is 0 Å². The Morgan fingerprint density at radius 1 is 1.35 bits per heavy atom. The molecule has 0 saturated heterocycles. The molecule has 0 aliphatic rings. The minimum Gasteiger partial charge on any atom is -0.338 e. The molecule has 5 nitrogen and oxygen atoms in total. The number of pyridine rings is 1. The lowest BCUT2D eigenvalue weighted by Crippen LogP contribution is -2.35. The first-order chi connectivity index (χ1) is 9.58. The quantitative estimate of drug-likeness (QED) is 0.940. The van der Waals surface area contributed by atoms with Crippen molar-refractivity contribution in [2.75, 3.05) is 20.6 Å². The Morgan fingerprint density at radius 2 is 2.05 bits per heavy atom. The molecule has 0 unspecified atom stereocenters. The van der Waals surface area contributed by atoms with E-state index in [9.17, 15) is 4.79 Å². The van der Waals surface area contributed by atoms with E-state index in [2.05, 4.69) is 15.3 Å². The summed E-state index contributed by atoms with van der Waals surface area (Å²) in [5.41, 5.74) is 2.11. The van der Waals surface area contributed by atoms with Gasteiger partial charge in [0, 0.05) is 49.9 Å². The summed E-state index contributed by atoms with van der Waals surface area (Å²) in [4.78, 5) is 22.8. The lowest BCUT2D eigenvalue weighted by atomic mass is 10.3. The molecule has 0 aliphatic heterocycles. The van der Waals surface area contributed by atoms with Crippen LogP contribution in [-0.2, 0) is 6.42 Å². The van der Waals surface area contributed by atoms with Gasteiger partial charge in [0.1, 0.15) is 5.01 Å². The highest BCUT2D eigenvalue weighted by Gasteiger charge is 2.10. The van der Waals surface area contributed by atoms with Gasteiger partial charge in [0.05, 0.1) is 5.69 Å². The first-order valence-electron chi connectivity index (χ1n) is 6.40. The van der Waals surface area contributed by atoms with Crippen molar-refractivity contribution in [3.05, 3.63) is 35.1 Å². The number of aromatic nitrogens is 2. The second kappa shape index (κ2) is 6.47. The summed E-state index contributed by atoms with van der Waals surface area (Å²) in [6.07, 6.45) is 4.33. The fourth-order valence-electron chi connectivity index (χ4n) is 1.72. The van der Waals surface area contributed by atoms with E-state index in [0.29, 0.717) is 6.54 Å². The van der Waals surface area contributed by atoms with E-state index < -0.39 is 0 Å². The molecular formula is C14H18N4OS. The fourth-order valence-corrected chi connectivity index (χ4v) is 2.79. The van der Waals surface area contributed by atoms with Gasteiger partial charge in [0.15, 0.2) is 0 Å². The van der Waals surface area contributed by atoms with Gasteiger partial charge in [-0.25, -0.2) is 9.78 Å². The van der Waals surface area contributed by atoms with Gasteiger partial charge < -0.3 is 10.2 Å². The second-order valence-corrected chi connectivity index (χ2v) is 5.72. The molecule has 2 aromatic rings. The first kappa shape index (κ1) is 14.5. The third-order valence-electron chi connectivity index (χ3n) is 2.85. The van der Waals surface area contributed by atoms with Crippen LogP contribution in [0.5, 0.6) is 0 Å². The number of thiazole rings is 1. The zero-order valence-electron chi connectivity index (χ0n) is 11.9. The third-order valence-corrected chi connectivity index (χ3v) is 4.12. The third kappa shape index (κ3) is 3.54. The maximum atomic E-state index is 11.4. The maximum absolute atomic E-state index is 11.4. The molecule has 0 aromatic carbocycles. The van der Waals surface area contributed by atoms with E-state index in [-0.39, 0.29) is 6.03 Å². The maximum Gasteiger partial charge on any atom is 0.316 e. The molecule has 20 heavy (non-hydrogen) atoms. The molecule has 2 amide bonds. The van der Waals surface area contributed by atoms with Crippen LogP contribution in [0.15, 0.2) is 24.5 Å². The minimum absolute atomic E-state index is 0.0680. The Hall–Kier alpha value is -1.95. The molecule has 0 saturated carbocycles. The number of amides is 2. The number of carbonyl (C=O) groups excluding carboxylic acids is 1. The molecule has 2 heterocycles. The molecule has 1 N–H and O–H groups in total. The van der Waals surface area contributed by atoms with Crippen molar-refractivity contribution < 1.29 is 4.79 Å². The molecular weight excluding hydrogens is 272 g/mol. The van der Waals surface area contributed by atoms with E-state index in [1.807, 2.05) is 19.1 Å². The van der Waals surface area contributed by atoms with Gasteiger partial charge in [0.2, 0.25) is 0 Å². The van der Waals surface area contributed by atoms with Crippen LogP contribution >= 0.6 is 11.3 Å². The Balaban J connectivity index is 2.00. The molecule has 0 bridgehead atoms. The van der Waals surface area contributed by atoms with Crippen LogP contribution in [0.2, 0.25) is 0 Å². The number of nitrogens with zero attached hydrogens (tertiary/aromatic N) is 3. The van der Waals surface area contributed by atoms with Crippen molar-refractivity contribution in [1.29, 1.82) is 0 Å². The summed E-state index contributed by atoms with van der Waals surface area (Å²) in [6.45, 7) is 2.63. The Bertz CT molecular complexity index is 580. The predicted molar refractivity (Wildman–Crippen MR) is 80.9 cm³/mol. The lowest BCUT2D eigenvalue weighted by Gasteiger charge is -2.11. The van der Waals surface area contributed by atoms with E-state index in [1.54, 1.807) is 37.8 Å². The van der Waals surface area contributed by atoms with Crippen LogP contribution in [0.25, 0.3) is 10.6 Å². The van der Waals surface area contributed by atoms with Crippen molar-refractivity contribution in [2.24, 2.45) is 0 Å². The first-order valence-corrected chi connectivity index (χ1v) is 7.21. The average molecular weight is 290 g/mol. The van der Waals surface area contributed by atoms with Gasteiger partial charge in [0.25, 0.3) is 0 Å². The van der Waals surface area contributed by atoms with Gasteiger partial charge >= 0.3 is 6.03 Å². The minimum atomic E-state index is -0.0680. The summed E-state index contributed by atoms with van der Waals surface area (Å²) in [5, 5.41) is 3.86. The summed E-state index contributed by atoms with van der Waals surface area (Å²) in [5.74, 6) is 0. The summed E-state index contributed by atoms with van der Waals surface area (Å²) < 4.78 is 0. The van der Waals surface area contributed by atoms with Crippen molar-refractivity contribution in [1.82, 2.24) is 20.2 Å². The summed E-state index contributed by atoms with van der Waals surface area (Å²) >= 11 is 1.67. The summed E-state index contributed by atoms with van der Waals surface area (Å²) in [7, 11) is 3.46. The molecule has 0 atom stereocenters. The molecule has 0 fully saturated rings. The normalized spacial score (nSPS) is 10.3. The van der Waals surface area contributed by atoms with E-state index >= 15 is 0 Å². The largest absolute Gasteiger partial charge is 0.338 e. The number of hydrogen-bond acceptors (Lipinski definition) is 4. The molecule has 106 valence electrons. The van der Waals surface area contributed by atoms with Crippen LogP contribution < -0.4 is 5.32 Å². The lowest BCUT2D eigenvalue weighted by molar-refractivity contribution is 0.217. The zero-order valence-corrected chi connectivity index (χ0v) is 12.7.